The van der Waals surface area contributed by atoms with Gasteiger partial charge in [0.25, 0.3) is 6.43 Å². The monoisotopic (exact) mass is 268 g/mol. The lowest BCUT2D eigenvalue weighted by Gasteiger charge is -2.29. The molecule has 0 aromatic heterocycles. The number of hydrogen-bond acceptors (Lipinski definition) is 2. The van der Waals surface area contributed by atoms with Crippen LogP contribution in [-0.2, 0) is 6.54 Å². The molecular formula is C15H22F2N2. The fourth-order valence-electron chi connectivity index (χ4n) is 3.10. The standard InChI is InChI=1S/C15H22F2N2/c1-19(14-7-3-6-13(14)9-18)10-11-4-2-5-12(8-11)15(16)17/h2,4-5,8,13-15H,3,6-7,9-10,18H2,1H3. The second-order valence-corrected chi connectivity index (χ2v) is 5.45. The lowest BCUT2D eigenvalue weighted by atomic mass is 10.0. The van der Waals surface area contributed by atoms with Crippen molar-refractivity contribution in [2.24, 2.45) is 11.7 Å². The van der Waals surface area contributed by atoms with Gasteiger partial charge in [-0.15, -0.1) is 0 Å². The van der Waals surface area contributed by atoms with Gasteiger partial charge in [-0.05, 0) is 44.0 Å². The van der Waals surface area contributed by atoms with Crippen molar-refractivity contribution in [3.05, 3.63) is 35.4 Å². The molecule has 2 rings (SSSR count). The van der Waals surface area contributed by atoms with E-state index in [1.807, 2.05) is 6.07 Å². The lowest BCUT2D eigenvalue weighted by Crippen LogP contribution is -2.37. The second-order valence-electron chi connectivity index (χ2n) is 5.45. The van der Waals surface area contributed by atoms with Crippen LogP contribution >= 0.6 is 0 Å². The van der Waals surface area contributed by atoms with Crippen molar-refractivity contribution >= 4 is 0 Å². The normalized spacial score (nSPS) is 23.5. The van der Waals surface area contributed by atoms with E-state index >= 15 is 0 Å². The predicted molar refractivity (Wildman–Crippen MR) is 73.0 cm³/mol. The van der Waals surface area contributed by atoms with Crippen molar-refractivity contribution in [1.82, 2.24) is 4.90 Å². The fraction of sp³-hybridized carbons (Fsp3) is 0.600. The van der Waals surface area contributed by atoms with E-state index < -0.39 is 6.43 Å². The van der Waals surface area contributed by atoms with Gasteiger partial charge in [-0.2, -0.15) is 0 Å². The number of rotatable bonds is 5. The molecule has 2 unspecified atom stereocenters. The van der Waals surface area contributed by atoms with Gasteiger partial charge in [0.05, 0.1) is 0 Å². The molecule has 19 heavy (non-hydrogen) atoms. The maximum atomic E-state index is 12.7. The van der Waals surface area contributed by atoms with Crippen LogP contribution in [0.3, 0.4) is 0 Å². The summed E-state index contributed by atoms with van der Waals surface area (Å²) in [5.74, 6) is 0.545. The SMILES string of the molecule is CN(Cc1cccc(C(F)F)c1)C1CCCC1CN. The van der Waals surface area contributed by atoms with Crippen LogP contribution < -0.4 is 5.73 Å². The Morgan fingerprint density at radius 3 is 2.84 bits per heavy atom. The molecule has 1 aliphatic rings. The fourth-order valence-corrected chi connectivity index (χ4v) is 3.10. The molecule has 1 saturated carbocycles. The van der Waals surface area contributed by atoms with E-state index in [1.54, 1.807) is 12.1 Å². The van der Waals surface area contributed by atoms with E-state index in [0.717, 1.165) is 12.0 Å². The van der Waals surface area contributed by atoms with E-state index in [0.29, 0.717) is 25.0 Å². The Morgan fingerprint density at radius 1 is 1.37 bits per heavy atom. The van der Waals surface area contributed by atoms with Crippen LogP contribution in [-0.4, -0.2) is 24.5 Å². The largest absolute Gasteiger partial charge is 0.330 e. The van der Waals surface area contributed by atoms with Gasteiger partial charge in [-0.25, -0.2) is 8.78 Å². The zero-order valence-electron chi connectivity index (χ0n) is 11.4. The number of hydrogen-bond donors (Lipinski definition) is 1. The maximum absolute atomic E-state index is 12.7. The van der Waals surface area contributed by atoms with Gasteiger partial charge in [0.15, 0.2) is 0 Å². The highest BCUT2D eigenvalue weighted by Gasteiger charge is 2.29. The second kappa shape index (κ2) is 6.44. The zero-order chi connectivity index (χ0) is 13.8. The van der Waals surface area contributed by atoms with E-state index in [9.17, 15) is 8.78 Å². The van der Waals surface area contributed by atoms with Gasteiger partial charge in [0, 0.05) is 18.2 Å². The van der Waals surface area contributed by atoms with Crippen LogP contribution in [0.2, 0.25) is 0 Å². The summed E-state index contributed by atoms with van der Waals surface area (Å²) in [6.45, 7) is 1.42. The first kappa shape index (κ1) is 14.4. The van der Waals surface area contributed by atoms with E-state index in [2.05, 4.69) is 11.9 Å². The maximum Gasteiger partial charge on any atom is 0.263 e. The Hall–Kier alpha value is -1.00. The molecule has 1 aromatic carbocycles. The van der Waals surface area contributed by atoms with Gasteiger partial charge in [0.2, 0.25) is 0 Å². The molecular weight excluding hydrogens is 246 g/mol. The highest BCUT2D eigenvalue weighted by Crippen LogP contribution is 2.29. The topological polar surface area (TPSA) is 29.3 Å². The molecule has 4 heteroatoms. The highest BCUT2D eigenvalue weighted by atomic mass is 19.3. The number of benzene rings is 1. The molecule has 2 N–H and O–H groups in total. The summed E-state index contributed by atoms with van der Waals surface area (Å²) in [7, 11) is 2.06. The molecule has 0 heterocycles. The van der Waals surface area contributed by atoms with Crippen LogP contribution in [0.4, 0.5) is 8.78 Å². The first-order chi connectivity index (χ1) is 9.11. The number of halogens is 2. The molecule has 0 amide bonds. The van der Waals surface area contributed by atoms with Gasteiger partial charge in [-0.1, -0.05) is 24.6 Å². The quantitative estimate of drug-likeness (QED) is 0.888. The minimum atomic E-state index is -2.39. The van der Waals surface area contributed by atoms with Crippen molar-refractivity contribution in [3.8, 4) is 0 Å². The van der Waals surface area contributed by atoms with E-state index in [4.69, 9.17) is 5.73 Å². The van der Waals surface area contributed by atoms with Crippen molar-refractivity contribution in [3.63, 3.8) is 0 Å². The highest BCUT2D eigenvalue weighted by molar-refractivity contribution is 5.24. The molecule has 0 spiro atoms. The molecule has 0 bridgehead atoms. The Labute approximate surface area is 113 Å². The summed E-state index contributed by atoms with van der Waals surface area (Å²) in [4.78, 5) is 2.26. The first-order valence-corrected chi connectivity index (χ1v) is 6.89. The Kier molecular flexibility index (Phi) is 4.88. The molecule has 1 aliphatic carbocycles. The minimum absolute atomic E-state index is 0.104. The average Bonchev–Trinajstić information content (AvgIpc) is 2.87. The van der Waals surface area contributed by atoms with Crippen LogP contribution in [0.25, 0.3) is 0 Å². The predicted octanol–water partition coefficient (Wildman–Crippen LogP) is 3.18. The summed E-state index contributed by atoms with van der Waals surface area (Å²) in [5.41, 5.74) is 6.84. The van der Waals surface area contributed by atoms with Crippen molar-refractivity contribution in [2.75, 3.05) is 13.6 Å². The number of nitrogens with zero attached hydrogens (tertiary/aromatic N) is 1. The Balaban J connectivity index is 2.02. The van der Waals surface area contributed by atoms with Crippen molar-refractivity contribution < 1.29 is 8.78 Å². The average molecular weight is 268 g/mol. The first-order valence-electron chi connectivity index (χ1n) is 6.89. The van der Waals surface area contributed by atoms with Gasteiger partial charge >= 0.3 is 0 Å². The van der Waals surface area contributed by atoms with Crippen LogP contribution in [0.15, 0.2) is 24.3 Å². The smallest absolute Gasteiger partial charge is 0.263 e. The third-order valence-corrected chi connectivity index (χ3v) is 4.12. The van der Waals surface area contributed by atoms with Crippen LogP contribution in [0.5, 0.6) is 0 Å². The molecule has 1 fully saturated rings. The van der Waals surface area contributed by atoms with E-state index in [1.165, 1.54) is 18.9 Å². The summed E-state index contributed by atoms with van der Waals surface area (Å²) < 4.78 is 25.3. The summed E-state index contributed by atoms with van der Waals surface area (Å²) >= 11 is 0. The number of alkyl halides is 2. The van der Waals surface area contributed by atoms with Gasteiger partial charge < -0.3 is 5.73 Å². The molecule has 2 atom stereocenters. The third-order valence-electron chi connectivity index (χ3n) is 4.12. The van der Waals surface area contributed by atoms with Crippen LogP contribution in [0, 0.1) is 5.92 Å². The molecule has 0 aliphatic heterocycles. The number of nitrogens with two attached hydrogens (primary N) is 1. The lowest BCUT2D eigenvalue weighted by molar-refractivity contribution is 0.151. The molecule has 0 radical (unpaired) electrons. The van der Waals surface area contributed by atoms with Gasteiger partial charge in [0.1, 0.15) is 0 Å². The summed E-state index contributed by atoms with van der Waals surface area (Å²) in [6, 6.07) is 7.19. The van der Waals surface area contributed by atoms with Crippen LogP contribution in [0.1, 0.15) is 36.8 Å². The molecule has 2 nitrogen and oxygen atoms in total. The zero-order valence-corrected chi connectivity index (χ0v) is 11.4. The minimum Gasteiger partial charge on any atom is -0.330 e. The van der Waals surface area contributed by atoms with Crippen molar-refractivity contribution in [1.29, 1.82) is 0 Å². The summed E-state index contributed by atoms with van der Waals surface area (Å²) in [5, 5.41) is 0. The Bertz CT molecular complexity index is 409. The molecule has 1 aromatic rings. The molecule has 106 valence electrons. The third kappa shape index (κ3) is 3.51. The molecule has 0 saturated heterocycles. The van der Waals surface area contributed by atoms with Gasteiger partial charge in [-0.3, -0.25) is 4.90 Å². The van der Waals surface area contributed by atoms with Crippen molar-refractivity contribution in [2.45, 2.75) is 38.3 Å². The Morgan fingerprint density at radius 2 is 2.16 bits per heavy atom. The summed E-state index contributed by atoms with van der Waals surface area (Å²) in [6.07, 6.45) is 1.16. The van der Waals surface area contributed by atoms with E-state index in [-0.39, 0.29) is 5.56 Å².